The summed E-state index contributed by atoms with van der Waals surface area (Å²) in [6.45, 7) is 3.20. The Balaban J connectivity index is 3.07. The average molecular weight is 328 g/mol. The van der Waals surface area contributed by atoms with E-state index in [4.69, 9.17) is 22.9 Å². The van der Waals surface area contributed by atoms with Crippen molar-refractivity contribution in [2.75, 3.05) is 0 Å². The van der Waals surface area contributed by atoms with E-state index in [1.165, 1.54) is 0 Å². The Labute approximate surface area is 139 Å². The average Bonchev–Trinajstić information content (AvgIpc) is 2.46. The van der Waals surface area contributed by atoms with Gasteiger partial charge >= 0.3 is 0 Å². The Hall–Kier alpha value is -3.42. The monoisotopic (exact) mass is 328 g/mol. The summed E-state index contributed by atoms with van der Waals surface area (Å²) in [4.78, 5) is 30.3. The Morgan fingerprint density at radius 1 is 0.833 bits per heavy atom. The topological polar surface area (TPSA) is 163 Å². The molecular weight excluding hydrogens is 308 g/mol. The molecule has 0 saturated heterocycles. The lowest BCUT2D eigenvalue weighted by molar-refractivity contribution is -0.115. The lowest BCUT2D eigenvalue weighted by Crippen LogP contribution is -2.24. The lowest BCUT2D eigenvalue weighted by Gasteiger charge is -2.01. The third kappa shape index (κ3) is 6.14. The first-order chi connectivity index (χ1) is 11.2. The summed E-state index contributed by atoms with van der Waals surface area (Å²) in [5, 5.41) is 0. The summed E-state index contributed by atoms with van der Waals surface area (Å²) >= 11 is 0. The molecule has 0 aliphatic heterocycles. The fourth-order valence-electron chi connectivity index (χ4n) is 1.77. The number of carbonyl (C=O) groups is 2. The molecule has 1 rings (SSSR count). The van der Waals surface area contributed by atoms with Crippen molar-refractivity contribution in [1.29, 1.82) is 0 Å². The van der Waals surface area contributed by atoms with E-state index in [9.17, 15) is 9.59 Å². The molecule has 0 heterocycles. The van der Waals surface area contributed by atoms with Crippen LogP contribution in [0, 0.1) is 0 Å². The molecule has 24 heavy (non-hydrogen) atoms. The van der Waals surface area contributed by atoms with Gasteiger partial charge in [0, 0.05) is 11.1 Å². The van der Waals surface area contributed by atoms with Crippen molar-refractivity contribution < 1.29 is 9.59 Å². The second kappa shape index (κ2) is 8.28. The zero-order chi connectivity index (χ0) is 18.3. The SMILES string of the molecule is CC(=Cc1cccc(C=C(C)C(=O)N=C(N)N)c1)C(=O)N=C(N)N. The minimum atomic E-state index is -0.518. The van der Waals surface area contributed by atoms with Crippen LogP contribution in [0.5, 0.6) is 0 Å². The number of benzene rings is 1. The Morgan fingerprint density at radius 3 is 1.54 bits per heavy atom. The van der Waals surface area contributed by atoms with Crippen LogP contribution in [-0.4, -0.2) is 23.7 Å². The molecule has 1 aromatic carbocycles. The Kier molecular flexibility index (Phi) is 6.42. The first-order valence-corrected chi connectivity index (χ1v) is 6.93. The molecule has 0 bridgehead atoms. The summed E-state index contributed by atoms with van der Waals surface area (Å²) in [7, 11) is 0. The van der Waals surface area contributed by atoms with Gasteiger partial charge in [0.05, 0.1) is 0 Å². The van der Waals surface area contributed by atoms with Crippen molar-refractivity contribution in [2.24, 2.45) is 32.9 Å². The second-order valence-corrected chi connectivity index (χ2v) is 5.01. The predicted octanol–water partition coefficient (Wildman–Crippen LogP) is 0.0932. The number of nitrogens with two attached hydrogens (primary N) is 4. The normalized spacial score (nSPS) is 11.6. The zero-order valence-electron chi connectivity index (χ0n) is 13.5. The maximum atomic E-state index is 11.7. The smallest absolute Gasteiger partial charge is 0.275 e. The van der Waals surface area contributed by atoms with Gasteiger partial charge in [-0.15, -0.1) is 0 Å². The molecule has 0 fully saturated rings. The van der Waals surface area contributed by atoms with Crippen molar-refractivity contribution in [2.45, 2.75) is 13.8 Å². The van der Waals surface area contributed by atoms with Gasteiger partial charge in [-0.05, 0) is 43.2 Å². The summed E-state index contributed by atoms with van der Waals surface area (Å²) in [5.41, 5.74) is 23.0. The molecule has 1 aromatic rings. The molecule has 0 aliphatic rings. The Bertz CT molecular complexity index is 705. The molecular formula is C16H20N6O2. The molecule has 0 aromatic heterocycles. The molecule has 0 atom stereocenters. The molecule has 8 N–H and O–H groups in total. The molecule has 0 aliphatic carbocycles. The van der Waals surface area contributed by atoms with Crippen molar-refractivity contribution in [1.82, 2.24) is 0 Å². The number of carbonyl (C=O) groups excluding carboxylic acids is 2. The van der Waals surface area contributed by atoms with Crippen LogP contribution < -0.4 is 22.9 Å². The molecule has 0 radical (unpaired) electrons. The molecule has 0 saturated carbocycles. The number of guanidine groups is 2. The summed E-state index contributed by atoms with van der Waals surface area (Å²) < 4.78 is 0. The second-order valence-electron chi connectivity index (χ2n) is 5.01. The minimum Gasteiger partial charge on any atom is -0.370 e. The first kappa shape index (κ1) is 18.6. The van der Waals surface area contributed by atoms with Gasteiger partial charge in [0.2, 0.25) is 0 Å². The van der Waals surface area contributed by atoms with Gasteiger partial charge in [-0.2, -0.15) is 9.98 Å². The summed E-state index contributed by atoms with van der Waals surface area (Å²) in [5.74, 6) is -1.62. The maximum absolute atomic E-state index is 11.7. The highest BCUT2D eigenvalue weighted by atomic mass is 16.2. The van der Waals surface area contributed by atoms with E-state index in [-0.39, 0.29) is 11.9 Å². The van der Waals surface area contributed by atoms with Crippen LogP contribution in [0.4, 0.5) is 0 Å². The van der Waals surface area contributed by atoms with E-state index in [1.54, 1.807) is 50.3 Å². The maximum Gasteiger partial charge on any atom is 0.275 e. The number of hydrogen-bond acceptors (Lipinski definition) is 2. The largest absolute Gasteiger partial charge is 0.370 e. The van der Waals surface area contributed by atoms with Crippen LogP contribution in [0.15, 0.2) is 45.4 Å². The van der Waals surface area contributed by atoms with Crippen molar-refractivity contribution in [3.8, 4) is 0 Å². The molecule has 0 unspecified atom stereocenters. The summed E-state index contributed by atoms with van der Waals surface area (Å²) in [6.07, 6.45) is 3.28. The van der Waals surface area contributed by atoms with Crippen LogP contribution in [0.2, 0.25) is 0 Å². The molecule has 8 heteroatoms. The van der Waals surface area contributed by atoms with Crippen LogP contribution in [0.25, 0.3) is 12.2 Å². The summed E-state index contributed by atoms with van der Waals surface area (Å²) in [6, 6.07) is 7.18. The van der Waals surface area contributed by atoms with Crippen molar-refractivity contribution in [3.05, 3.63) is 46.5 Å². The zero-order valence-corrected chi connectivity index (χ0v) is 13.5. The number of hydrogen-bond donors (Lipinski definition) is 4. The Morgan fingerprint density at radius 2 is 1.21 bits per heavy atom. The third-order valence-electron chi connectivity index (χ3n) is 2.81. The highest BCUT2D eigenvalue weighted by molar-refractivity contribution is 6.04. The van der Waals surface area contributed by atoms with Gasteiger partial charge in [-0.25, -0.2) is 0 Å². The lowest BCUT2D eigenvalue weighted by atomic mass is 10.1. The van der Waals surface area contributed by atoms with E-state index < -0.39 is 11.8 Å². The van der Waals surface area contributed by atoms with Crippen LogP contribution in [0.3, 0.4) is 0 Å². The van der Waals surface area contributed by atoms with Crippen LogP contribution in [0.1, 0.15) is 25.0 Å². The molecule has 8 nitrogen and oxygen atoms in total. The van der Waals surface area contributed by atoms with Crippen molar-refractivity contribution >= 4 is 35.9 Å². The van der Waals surface area contributed by atoms with Gasteiger partial charge in [0.1, 0.15) is 0 Å². The molecule has 126 valence electrons. The highest BCUT2D eigenvalue weighted by Gasteiger charge is 2.05. The van der Waals surface area contributed by atoms with E-state index >= 15 is 0 Å². The quantitative estimate of drug-likeness (QED) is 0.348. The van der Waals surface area contributed by atoms with Crippen LogP contribution >= 0.6 is 0 Å². The highest BCUT2D eigenvalue weighted by Crippen LogP contribution is 2.14. The van der Waals surface area contributed by atoms with Crippen LogP contribution in [-0.2, 0) is 9.59 Å². The molecule has 2 amide bonds. The number of aliphatic imine (C=N–C) groups is 2. The van der Waals surface area contributed by atoms with E-state index in [2.05, 4.69) is 9.98 Å². The fourth-order valence-corrected chi connectivity index (χ4v) is 1.77. The number of nitrogens with zero attached hydrogens (tertiary/aromatic N) is 2. The predicted molar refractivity (Wildman–Crippen MR) is 95.4 cm³/mol. The van der Waals surface area contributed by atoms with Gasteiger partial charge in [-0.1, -0.05) is 18.2 Å². The van der Waals surface area contributed by atoms with Gasteiger partial charge in [0.15, 0.2) is 11.9 Å². The number of rotatable bonds is 4. The third-order valence-corrected chi connectivity index (χ3v) is 2.81. The van der Waals surface area contributed by atoms with Crippen molar-refractivity contribution in [3.63, 3.8) is 0 Å². The van der Waals surface area contributed by atoms with Gasteiger partial charge in [0.25, 0.3) is 11.8 Å². The van der Waals surface area contributed by atoms with Gasteiger partial charge in [-0.3, -0.25) is 9.59 Å². The van der Waals surface area contributed by atoms with Gasteiger partial charge < -0.3 is 22.9 Å². The number of amides is 2. The van der Waals surface area contributed by atoms with E-state index in [0.29, 0.717) is 11.1 Å². The fraction of sp³-hybridized carbons (Fsp3) is 0.125. The minimum absolute atomic E-state index is 0.293. The first-order valence-electron chi connectivity index (χ1n) is 6.93. The van der Waals surface area contributed by atoms with E-state index in [0.717, 1.165) is 11.1 Å². The standard InChI is InChI=1S/C16H20N6O2/c1-9(13(23)21-15(17)18)6-11-4-3-5-12(8-11)7-10(2)14(24)22-16(19)20/h3-8H,1-2H3,(H4,17,18,21,23)(H4,19,20,22,24). The molecule has 0 spiro atoms. The van der Waals surface area contributed by atoms with E-state index in [1.807, 2.05) is 0 Å².